The second-order valence-corrected chi connectivity index (χ2v) is 7.07. The lowest BCUT2D eigenvalue weighted by molar-refractivity contribution is -0.137. The Morgan fingerprint density at radius 2 is 1.92 bits per heavy atom. The molecule has 142 valence electrons. The SMILES string of the molecule is CCNC(=O)C1CCN(C(=O)C2CC2c2cccc(C(F)(F)F)c2)CC1. The van der Waals surface area contributed by atoms with Crippen LogP contribution in [-0.2, 0) is 15.8 Å². The second-order valence-electron chi connectivity index (χ2n) is 7.07. The van der Waals surface area contributed by atoms with Gasteiger partial charge in [0.1, 0.15) is 0 Å². The Hall–Kier alpha value is -2.05. The Morgan fingerprint density at radius 3 is 2.54 bits per heavy atom. The van der Waals surface area contributed by atoms with Crippen LogP contribution >= 0.6 is 0 Å². The molecule has 2 atom stereocenters. The lowest BCUT2D eigenvalue weighted by Crippen LogP contribution is -2.43. The lowest BCUT2D eigenvalue weighted by Gasteiger charge is -2.31. The zero-order valence-corrected chi connectivity index (χ0v) is 14.7. The van der Waals surface area contributed by atoms with Gasteiger partial charge in [0.05, 0.1) is 5.56 Å². The third kappa shape index (κ3) is 4.02. The standard InChI is InChI=1S/C19H23F3N2O2/c1-2-23-17(25)12-6-8-24(9-7-12)18(26)16-11-15(16)13-4-3-5-14(10-13)19(20,21)22/h3-5,10,12,15-16H,2,6-9,11H2,1H3,(H,23,25). The highest BCUT2D eigenvalue weighted by molar-refractivity contribution is 5.84. The maximum atomic E-state index is 12.8. The van der Waals surface area contributed by atoms with E-state index in [9.17, 15) is 22.8 Å². The third-order valence-electron chi connectivity index (χ3n) is 5.28. The number of hydrogen-bond acceptors (Lipinski definition) is 2. The molecule has 1 aromatic carbocycles. The molecule has 1 saturated carbocycles. The van der Waals surface area contributed by atoms with Crippen molar-refractivity contribution in [3.63, 3.8) is 0 Å². The minimum absolute atomic E-state index is 0.00163. The quantitative estimate of drug-likeness (QED) is 0.887. The van der Waals surface area contributed by atoms with E-state index in [0.29, 0.717) is 44.5 Å². The fourth-order valence-corrected chi connectivity index (χ4v) is 3.70. The maximum Gasteiger partial charge on any atom is 0.416 e. The Labute approximate surface area is 150 Å². The molecule has 0 spiro atoms. The Morgan fingerprint density at radius 1 is 1.23 bits per heavy atom. The molecule has 1 saturated heterocycles. The first-order valence-corrected chi connectivity index (χ1v) is 9.05. The van der Waals surface area contributed by atoms with Crippen molar-refractivity contribution < 1.29 is 22.8 Å². The van der Waals surface area contributed by atoms with Crippen LogP contribution < -0.4 is 5.32 Å². The number of hydrogen-bond donors (Lipinski definition) is 1. The summed E-state index contributed by atoms with van der Waals surface area (Å²) in [5, 5.41) is 2.81. The van der Waals surface area contributed by atoms with E-state index in [4.69, 9.17) is 0 Å². The fourth-order valence-electron chi connectivity index (χ4n) is 3.70. The number of piperidine rings is 1. The first kappa shape index (κ1) is 18.7. The molecule has 1 aliphatic heterocycles. The van der Waals surface area contributed by atoms with E-state index in [0.717, 1.165) is 12.1 Å². The monoisotopic (exact) mass is 368 g/mol. The number of carbonyl (C=O) groups excluding carboxylic acids is 2. The number of benzene rings is 1. The molecule has 3 rings (SSSR count). The summed E-state index contributed by atoms with van der Waals surface area (Å²) in [6.07, 6.45) is -2.50. The predicted octanol–water partition coefficient (Wildman–Crippen LogP) is 3.18. The van der Waals surface area contributed by atoms with E-state index in [1.807, 2.05) is 6.92 Å². The van der Waals surface area contributed by atoms with Crippen LogP contribution in [0.15, 0.2) is 24.3 Å². The zero-order valence-electron chi connectivity index (χ0n) is 14.7. The second kappa shape index (κ2) is 7.29. The van der Waals surface area contributed by atoms with Crippen LogP contribution in [0.25, 0.3) is 0 Å². The van der Waals surface area contributed by atoms with Crippen molar-refractivity contribution >= 4 is 11.8 Å². The number of rotatable bonds is 4. The van der Waals surface area contributed by atoms with Gasteiger partial charge in [-0.15, -0.1) is 0 Å². The first-order valence-electron chi connectivity index (χ1n) is 9.05. The molecule has 2 fully saturated rings. The maximum absolute atomic E-state index is 12.8. The molecular weight excluding hydrogens is 345 g/mol. The van der Waals surface area contributed by atoms with Gasteiger partial charge in [0.15, 0.2) is 0 Å². The third-order valence-corrected chi connectivity index (χ3v) is 5.28. The van der Waals surface area contributed by atoms with Crippen molar-refractivity contribution in [1.82, 2.24) is 10.2 Å². The minimum atomic E-state index is -4.37. The predicted molar refractivity (Wildman–Crippen MR) is 90.3 cm³/mol. The molecule has 1 heterocycles. The summed E-state index contributed by atoms with van der Waals surface area (Å²) < 4.78 is 38.5. The van der Waals surface area contributed by atoms with Gasteiger partial charge >= 0.3 is 6.18 Å². The van der Waals surface area contributed by atoms with Crippen LogP contribution in [0.3, 0.4) is 0 Å². The van der Waals surface area contributed by atoms with E-state index in [1.54, 1.807) is 11.0 Å². The summed E-state index contributed by atoms with van der Waals surface area (Å²) in [6.45, 7) is 3.54. The van der Waals surface area contributed by atoms with Crippen molar-refractivity contribution in [2.24, 2.45) is 11.8 Å². The highest BCUT2D eigenvalue weighted by Crippen LogP contribution is 2.49. The summed E-state index contributed by atoms with van der Waals surface area (Å²) in [4.78, 5) is 26.3. The van der Waals surface area contributed by atoms with Gasteiger partial charge in [-0.1, -0.05) is 18.2 Å². The van der Waals surface area contributed by atoms with Crippen LogP contribution in [0.1, 0.15) is 43.2 Å². The van der Waals surface area contributed by atoms with Crippen LogP contribution in [0.2, 0.25) is 0 Å². The van der Waals surface area contributed by atoms with Gasteiger partial charge in [-0.05, 0) is 43.7 Å². The summed E-state index contributed by atoms with van der Waals surface area (Å²) in [6, 6.07) is 5.26. The number of carbonyl (C=O) groups is 2. The molecule has 2 amide bonds. The van der Waals surface area contributed by atoms with E-state index in [-0.39, 0.29) is 29.6 Å². The van der Waals surface area contributed by atoms with E-state index in [2.05, 4.69) is 5.32 Å². The van der Waals surface area contributed by atoms with E-state index in [1.165, 1.54) is 6.07 Å². The number of alkyl halides is 3. The summed E-state index contributed by atoms with van der Waals surface area (Å²) >= 11 is 0. The van der Waals surface area contributed by atoms with Crippen molar-refractivity contribution in [1.29, 1.82) is 0 Å². The lowest BCUT2D eigenvalue weighted by atomic mass is 9.95. The van der Waals surface area contributed by atoms with Crippen LogP contribution in [0, 0.1) is 11.8 Å². The molecular formula is C19H23F3N2O2. The van der Waals surface area contributed by atoms with Gasteiger partial charge in [-0.25, -0.2) is 0 Å². The molecule has 1 aromatic rings. The molecule has 0 radical (unpaired) electrons. The van der Waals surface area contributed by atoms with Gasteiger partial charge in [-0.2, -0.15) is 13.2 Å². The van der Waals surface area contributed by atoms with Crippen molar-refractivity contribution in [3.8, 4) is 0 Å². The highest BCUT2D eigenvalue weighted by atomic mass is 19.4. The van der Waals surface area contributed by atoms with Crippen LogP contribution in [0.5, 0.6) is 0 Å². The number of nitrogens with zero attached hydrogens (tertiary/aromatic N) is 1. The average molecular weight is 368 g/mol. The molecule has 0 aromatic heterocycles. The van der Waals surface area contributed by atoms with Gasteiger partial charge in [0.2, 0.25) is 11.8 Å². The zero-order chi connectivity index (χ0) is 18.9. The van der Waals surface area contributed by atoms with E-state index >= 15 is 0 Å². The number of nitrogens with one attached hydrogen (secondary N) is 1. The Bertz CT molecular complexity index is 682. The van der Waals surface area contributed by atoms with Crippen molar-refractivity contribution in [2.75, 3.05) is 19.6 Å². The van der Waals surface area contributed by atoms with Crippen molar-refractivity contribution in [3.05, 3.63) is 35.4 Å². The molecule has 0 bridgehead atoms. The number of likely N-dealkylation sites (tertiary alicyclic amines) is 1. The number of halogens is 3. The average Bonchev–Trinajstić information content (AvgIpc) is 3.42. The minimum Gasteiger partial charge on any atom is -0.356 e. The van der Waals surface area contributed by atoms with Crippen LogP contribution in [-0.4, -0.2) is 36.3 Å². The summed E-state index contributed by atoms with van der Waals surface area (Å²) in [5.74, 6) is -0.391. The Kier molecular flexibility index (Phi) is 5.25. The highest BCUT2D eigenvalue weighted by Gasteiger charge is 2.47. The molecule has 7 heteroatoms. The van der Waals surface area contributed by atoms with Crippen molar-refractivity contribution in [2.45, 2.75) is 38.3 Å². The topological polar surface area (TPSA) is 49.4 Å². The number of amides is 2. The molecule has 1 N–H and O–H groups in total. The summed E-state index contributed by atoms with van der Waals surface area (Å²) in [7, 11) is 0. The Balaban J connectivity index is 1.56. The normalized spacial score (nSPS) is 23.6. The summed E-state index contributed by atoms with van der Waals surface area (Å²) in [5.41, 5.74) is -0.0914. The fraction of sp³-hybridized carbons (Fsp3) is 0.579. The van der Waals surface area contributed by atoms with Gasteiger partial charge in [0.25, 0.3) is 0 Å². The van der Waals surface area contributed by atoms with Gasteiger partial charge in [-0.3, -0.25) is 9.59 Å². The smallest absolute Gasteiger partial charge is 0.356 e. The molecule has 1 aliphatic carbocycles. The van der Waals surface area contributed by atoms with Crippen LogP contribution in [0.4, 0.5) is 13.2 Å². The first-order chi connectivity index (χ1) is 12.3. The van der Waals surface area contributed by atoms with Gasteiger partial charge < -0.3 is 10.2 Å². The van der Waals surface area contributed by atoms with Gasteiger partial charge in [0, 0.05) is 31.5 Å². The largest absolute Gasteiger partial charge is 0.416 e. The molecule has 4 nitrogen and oxygen atoms in total. The molecule has 26 heavy (non-hydrogen) atoms. The molecule has 2 aliphatic rings. The van der Waals surface area contributed by atoms with E-state index < -0.39 is 11.7 Å². The molecule has 2 unspecified atom stereocenters.